The number of carboxylic acid groups (broad SMARTS) is 1. The zero-order chi connectivity index (χ0) is 20.1. The van der Waals surface area contributed by atoms with E-state index in [0.717, 1.165) is 37.2 Å². The van der Waals surface area contributed by atoms with Gasteiger partial charge in [-0.2, -0.15) is 0 Å². The number of likely N-dealkylation sites (tertiary alicyclic amines) is 2. The second-order valence-corrected chi connectivity index (χ2v) is 8.08. The number of benzene rings is 1. The molecule has 2 amide bonds. The highest BCUT2D eigenvalue weighted by atomic mass is 16.5. The molecule has 2 N–H and O–H groups in total. The fourth-order valence-electron chi connectivity index (χ4n) is 4.21. The van der Waals surface area contributed by atoms with Gasteiger partial charge in [-0.3, -0.25) is 9.69 Å². The number of methoxy groups -OCH3 is 1. The summed E-state index contributed by atoms with van der Waals surface area (Å²) < 4.78 is 5.56. The summed E-state index contributed by atoms with van der Waals surface area (Å²) in [5, 5.41) is 12.4. The third-order valence-corrected chi connectivity index (χ3v) is 6.05. The van der Waals surface area contributed by atoms with Gasteiger partial charge in [0.1, 0.15) is 5.75 Å². The van der Waals surface area contributed by atoms with E-state index >= 15 is 0 Å². The minimum atomic E-state index is -0.855. The first kappa shape index (κ1) is 20.5. The van der Waals surface area contributed by atoms with Gasteiger partial charge in [0.25, 0.3) is 0 Å². The maximum absolute atomic E-state index is 12.7. The summed E-state index contributed by atoms with van der Waals surface area (Å²) in [6.07, 6.45) is 4.03. The van der Waals surface area contributed by atoms with Crippen LogP contribution in [0.1, 0.15) is 44.2 Å². The summed E-state index contributed by atoms with van der Waals surface area (Å²) in [7, 11) is 1.67. The SMILES string of the molecule is COc1ccccc1C(CNC(=O)N1CCC(C)(C(=O)O)C1)N1CCCCC1. The van der Waals surface area contributed by atoms with Gasteiger partial charge in [-0.1, -0.05) is 24.6 Å². The fourth-order valence-corrected chi connectivity index (χ4v) is 4.21. The molecular weight excluding hydrogens is 358 g/mol. The Morgan fingerprint density at radius 3 is 2.57 bits per heavy atom. The lowest BCUT2D eigenvalue weighted by Crippen LogP contribution is -2.45. The molecule has 2 fully saturated rings. The van der Waals surface area contributed by atoms with E-state index in [9.17, 15) is 14.7 Å². The quantitative estimate of drug-likeness (QED) is 0.782. The lowest BCUT2D eigenvalue weighted by atomic mass is 9.90. The number of nitrogens with one attached hydrogen (secondary N) is 1. The Balaban J connectivity index is 1.70. The van der Waals surface area contributed by atoms with Gasteiger partial charge in [0.05, 0.1) is 18.6 Å². The average molecular weight is 389 g/mol. The van der Waals surface area contributed by atoms with Gasteiger partial charge in [0, 0.05) is 25.2 Å². The van der Waals surface area contributed by atoms with Crippen LogP contribution < -0.4 is 10.1 Å². The van der Waals surface area contributed by atoms with E-state index in [1.165, 1.54) is 6.42 Å². The van der Waals surface area contributed by atoms with Crippen LogP contribution in [-0.4, -0.2) is 66.7 Å². The van der Waals surface area contributed by atoms with Crippen LogP contribution >= 0.6 is 0 Å². The normalized spacial score (nSPS) is 24.0. The van der Waals surface area contributed by atoms with Crippen molar-refractivity contribution in [3.63, 3.8) is 0 Å². The van der Waals surface area contributed by atoms with E-state index < -0.39 is 11.4 Å². The number of amides is 2. The van der Waals surface area contributed by atoms with Crippen molar-refractivity contribution in [2.24, 2.45) is 5.41 Å². The Kier molecular flexibility index (Phi) is 6.44. The van der Waals surface area contributed by atoms with E-state index in [-0.39, 0.29) is 18.6 Å². The van der Waals surface area contributed by atoms with E-state index in [1.54, 1.807) is 18.9 Å². The molecular formula is C21H31N3O4. The van der Waals surface area contributed by atoms with E-state index in [1.807, 2.05) is 18.2 Å². The molecule has 7 nitrogen and oxygen atoms in total. The molecule has 2 aliphatic rings. The molecule has 3 rings (SSSR count). The second-order valence-electron chi connectivity index (χ2n) is 8.08. The molecule has 1 aromatic carbocycles. The van der Waals surface area contributed by atoms with Crippen molar-refractivity contribution < 1.29 is 19.4 Å². The molecule has 7 heteroatoms. The van der Waals surface area contributed by atoms with Crippen LogP contribution in [-0.2, 0) is 4.79 Å². The number of carboxylic acids is 1. The highest BCUT2D eigenvalue weighted by Crippen LogP contribution is 2.32. The maximum atomic E-state index is 12.7. The summed E-state index contributed by atoms with van der Waals surface area (Å²) in [4.78, 5) is 28.2. The molecule has 0 spiro atoms. The van der Waals surface area contributed by atoms with Crippen LogP contribution in [0.3, 0.4) is 0 Å². The minimum absolute atomic E-state index is 0.0360. The number of hydrogen-bond donors (Lipinski definition) is 2. The van der Waals surface area contributed by atoms with Gasteiger partial charge >= 0.3 is 12.0 Å². The van der Waals surface area contributed by atoms with Gasteiger partial charge in [0.15, 0.2) is 0 Å². The predicted molar refractivity (Wildman–Crippen MR) is 106 cm³/mol. The van der Waals surface area contributed by atoms with E-state index in [4.69, 9.17) is 4.74 Å². The molecule has 2 aliphatic heterocycles. The number of piperidine rings is 1. The van der Waals surface area contributed by atoms with Crippen molar-refractivity contribution in [2.45, 2.75) is 38.6 Å². The van der Waals surface area contributed by atoms with Crippen molar-refractivity contribution in [1.29, 1.82) is 0 Å². The van der Waals surface area contributed by atoms with Gasteiger partial charge in [-0.25, -0.2) is 4.79 Å². The van der Waals surface area contributed by atoms with Crippen molar-refractivity contribution in [1.82, 2.24) is 15.1 Å². The first-order valence-corrected chi connectivity index (χ1v) is 10.1. The molecule has 0 saturated carbocycles. The van der Waals surface area contributed by atoms with E-state index in [2.05, 4.69) is 16.3 Å². The molecule has 2 unspecified atom stereocenters. The molecule has 2 atom stereocenters. The Labute approximate surface area is 166 Å². The molecule has 0 aromatic heterocycles. The fraction of sp³-hybridized carbons (Fsp3) is 0.619. The Hall–Kier alpha value is -2.28. The third-order valence-electron chi connectivity index (χ3n) is 6.05. The maximum Gasteiger partial charge on any atom is 0.317 e. The first-order valence-electron chi connectivity index (χ1n) is 10.1. The van der Waals surface area contributed by atoms with Crippen molar-refractivity contribution >= 4 is 12.0 Å². The number of carbonyl (C=O) groups excluding carboxylic acids is 1. The number of rotatable bonds is 6. The standard InChI is InChI=1S/C21H31N3O4/c1-21(19(25)26)10-13-24(15-21)20(27)22-14-17(23-11-6-3-7-12-23)16-8-4-5-9-18(16)28-2/h4-5,8-9,17H,3,6-7,10-15H2,1-2H3,(H,22,27)(H,25,26). The summed E-state index contributed by atoms with van der Waals surface area (Å²) in [5.74, 6) is -0.0186. The lowest BCUT2D eigenvalue weighted by molar-refractivity contribution is -0.147. The first-order chi connectivity index (χ1) is 13.4. The molecule has 28 heavy (non-hydrogen) atoms. The molecule has 2 heterocycles. The second kappa shape index (κ2) is 8.82. The highest BCUT2D eigenvalue weighted by Gasteiger charge is 2.42. The van der Waals surface area contributed by atoms with Gasteiger partial charge in [-0.05, 0) is 45.3 Å². The van der Waals surface area contributed by atoms with E-state index in [0.29, 0.717) is 19.5 Å². The van der Waals surface area contributed by atoms with Crippen LogP contribution in [0.2, 0.25) is 0 Å². The number of urea groups is 1. The molecule has 0 bridgehead atoms. The molecule has 0 radical (unpaired) electrons. The number of para-hydroxylation sites is 1. The van der Waals surface area contributed by atoms with Crippen LogP contribution in [0, 0.1) is 5.41 Å². The smallest absolute Gasteiger partial charge is 0.317 e. The molecule has 0 aliphatic carbocycles. The zero-order valence-electron chi connectivity index (χ0n) is 16.8. The number of aliphatic carboxylic acids is 1. The molecule has 154 valence electrons. The predicted octanol–water partition coefficient (Wildman–Crippen LogP) is 2.73. The number of carbonyl (C=O) groups is 2. The highest BCUT2D eigenvalue weighted by molar-refractivity contribution is 5.79. The summed E-state index contributed by atoms with van der Waals surface area (Å²) in [5.41, 5.74) is 0.218. The largest absolute Gasteiger partial charge is 0.496 e. The third kappa shape index (κ3) is 4.41. The lowest BCUT2D eigenvalue weighted by Gasteiger charge is -2.36. The Morgan fingerprint density at radius 2 is 1.93 bits per heavy atom. The van der Waals surface area contributed by atoms with Crippen LogP contribution in [0.15, 0.2) is 24.3 Å². The average Bonchev–Trinajstić information content (AvgIpc) is 3.13. The van der Waals surface area contributed by atoms with Gasteiger partial charge in [0.2, 0.25) is 0 Å². The molecule has 1 aromatic rings. The topological polar surface area (TPSA) is 82.1 Å². The Morgan fingerprint density at radius 1 is 1.21 bits per heavy atom. The summed E-state index contributed by atoms with van der Waals surface area (Å²) >= 11 is 0. The van der Waals surface area contributed by atoms with Crippen molar-refractivity contribution in [3.05, 3.63) is 29.8 Å². The van der Waals surface area contributed by atoms with Crippen molar-refractivity contribution in [3.8, 4) is 5.75 Å². The van der Waals surface area contributed by atoms with Gasteiger partial charge in [-0.15, -0.1) is 0 Å². The van der Waals surface area contributed by atoms with Crippen LogP contribution in [0.5, 0.6) is 5.75 Å². The number of ether oxygens (including phenoxy) is 1. The summed E-state index contributed by atoms with van der Waals surface area (Å²) in [6.45, 7) is 4.89. The minimum Gasteiger partial charge on any atom is -0.496 e. The number of hydrogen-bond acceptors (Lipinski definition) is 4. The summed E-state index contributed by atoms with van der Waals surface area (Å²) in [6, 6.07) is 7.80. The monoisotopic (exact) mass is 389 g/mol. The Bertz CT molecular complexity index is 705. The van der Waals surface area contributed by atoms with Crippen LogP contribution in [0.4, 0.5) is 4.79 Å². The molecule has 2 saturated heterocycles. The van der Waals surface area contributed by atoms with Crippen molar-refractivity contribution in [2.75, 3.05) is 39.8 Å². The zero-order valence-corrected chi connectivity index (χ0v) is 16.8. The van der Waals surface area contributed by atoms with Crippen LogP contribution in [0.25, 0.3) is 0 Å². The van der Waals surface area contributed by atoms with Gasteiger partial charge < -0.3 is 20.1 Å². The number of nitrogens with zero attached hydrogens (tertiary/aromatic N) is 2.